The van der Waals surface area contributed by atoms with Crippen LogP contribution in [0.5, 0.6) is 11.5 Å². The van der Waals surface area contributed by atoms with Crippen LogP contribution >= 0.6 is 69.0 Å². The Morgan fingerprint density at radius 3 is 2.10 bits per heavy atom. The van der Waals surface area contributed by atoms with Gasteiger partial charge < -0.3 is 19.6 Å². The van der Waals surface area contributed by atoms with E-state index in [0.717, 1.165) is 0 Å². The summed E-state index contributed by atoms with van der Waals surface area (Å²) in [6, 6.07) is -1.11. The summed E-state index contributed by atoms with van der Waals surface area (Å²) in [5.41, 5.74) is 0.551. The van der Waals surface area contributed by atoms with Crippen molar-refractivity contribution >= 4 is 86.9 Å². The Kier molecular flexibility index (Phi) is 9.44. The molecule has 0 radical (unpaired) electrons. The van der Waals surface area contributed by atoms with Crippen molar-refractivity contribution in [2.75, 3.05) is 11.0 Å². The molecule has 2 rings (SSSR count). The van der Waals surface area contributed by atoms with Gasteiger partial charge >= 0.3 is 17.9 Å². The van der Waals surface area contributed by atoms with Crippen LogP contribution in [0.15, 0.2) is 12.5 Å². The van der Waals surface area contributed by atoms with Crippen LogP contribution in [0, 0.1) is 0 Å². The second-order valence-corrected chi connectivity index (χ2v) is 7.82. The lowest BCUT2D eigenvalue weighted by Gasteiger charge is -2.17. The van der Waals surface area contributed by atoms with Gasteiger partial charge in [-0.3, -0.25) is 19.7 Å². The van der Waals surface area contributed by atoms with Crippen molar-refractivity contribution in [1.82, 2.24) is 15.3 Å². The highest BCUT2D eigenvalue weighted by Crippen LogP contribution is 2.50. The second-order valence-electron chi connectivity index (χ2n) is 5.55. The highest BCUT2D eigenvalue weighted by atomic mass is 127. The Bertz CT molecular complexity index is 957. The number of aliphatic carboxylic acids is 1. The molecule has 1 atom stereocenters. The van der Waals surface area contributed by atoms with Crippen molar-refractivity contribution in [2.45, 2.75) is 12.5 Å². The molecular weight excluding hydrogens is 599 g/mol. The Hall–Kier alpha value is -1.31. The van der Waals surface area contributed by atoms with Gasteiger partial charge in [-0.2, -0.15) is 0 Å². The fraction of sp³-hybridized carbons (Fsp3) is 0.250. The lowest BCUT2D eigenvalue weighted by molar-refractivity contribution is -0.140. The number of esters is 2. The molecular formula is C16H12Cl4IN3O6. The summed E-state index contributed by atoms with van der Waals surface area (Å²) in [6.07, 6.45) is 2.90. The molecule has 0 aliphatic carbocycles. The summed E-state index contributed by atoms with van der Waals surface area (Å²) in [5, 5.41) is 10.9. The Morgan fingerprint density at radius 1 is 1.07 bits per heavy atom. The van der Waals surface area contributed by atoms with Crippen LogP contribution in [0.3, 0.4) is 0 Å². The van der Waals surface area contributed by atoms with Gasteiger partial charge in [-0.15, -0.1) is 0 Å². The minimum atomic E-state index is -1.19. The smallest absolute Gasteiger partial charge is 0.325 e. The lowest BCUT2D eigenvalue weighted by Crippen LogP contribution is -2.42. The zero-order chi connectivity index (χ0) is 22.4. The van der Waals surface area contributed by atoms with Gasteiger partial charge in [-0.25, -0.2) is 4.98 Å². The first-order valence-corrected chi connectivity index (χ1v) is 11.0. The number of carbonyl (C=O) groups excluding carboxylic acids is 2. The first-order chi connectivity index (χ1) is 14.1. The van der Waals surface area contributed by atoms with Crippen LogP contribution < -0.4 is 14.8 Å². The molecule has 0 saturated carbocycles. The monoisotopic (exact) mass is 609 g/mol. The molecule has 30 heavy (non-hydrogen) atoms. The molecule has 0 saturated heterocycles. The number of nitrogens with zero attached hydrogens (tertiary/aromatic N) is 1. The van der Waals surface area contributed by atoms with Crippen LogP contribution in [0.1, 0.15) is 5.69 Å². The maximum Gasteiger partial charge on any atom is 0.325 e. The summed E-state index contributed by atoms with van der Waals surface area (Å²) in [7, 11) is 0. The van der Waals surface area contributed by atoms with Crippen LogP contribution in [0.25, 0.3) is 0 Å². The number of benzene rings is 1. The first kappa shape index (κ1) is 25.0. The lowest BCUT2D eigenvalue weighted by atomic mass is 10.1. The number of nitrogens with one attached hydrogen (secondary N) is 2. The molecule has 1 aromatic carbocycles. The van der Waals surface area contributed by atoms with Gasteiger partial charge in [0.15, 0.2) is 11.5 Å². The Balaban J connectivity index is 2.18. The van der Waals surface area contributed by atoms with Crippen molar-refractivity contribution in [3.63, 3.8) is 0 Å². The zero-order valence-corrected chi connectivity index (χ0v) is 19.9. The number of carbonyl (C=O) groups is 3. The Morgan fingerprint density at radius 2 is 1.63 bits per heavy atom. The van der Waals surface area contributed by atoms with Crippen LogP contribution in [0.2, 0.25) is 20.1 Å². The molecule has 162 valence electrons. The maximum atomic E-state index is 12.3. The van der Waals surface area contributed by atoms with Crippen molar-refractivity contribution in [3.8, 4) is 11.5 Å². The number of hydrogen-bond donors (Lipinski definition) is 3. The standard InChI is InChI=1S/C16H12Cl4IN3O6/c17-10-11(18)13(20)15(14(12(10)19)29-8(25)2-21)30-9(26)4-23-7(16(27)28)1-6-3-22-5-24-6/h3,5,7,23H,1-2,4H2,(H,22,24)(H,27,28)/t7-/m0/s1. The van der Waals surface area contributed by atoms with Gasteiger partial charge in [0.2, 0.25) is 0 Å². The zero-order valence-electron chi connectivity index (χ0n) is 14.7. The molecule has 3 N–H and O–H groups in total. The van der Waals surface area contributed by atoms with Crippen LogP contribution in [0.4, 0.5) is 0 Å². The van der Waals surface area contributed by atoms with E-state index in [1.165, 1.54) is 12.5 Å². The van der Waals surface area contributed by atoms with E-state index in [1.807, 2.05) is 0 Å². The van der Waals surface area contributed by atoms with Crippen LogP contribution in [-0.4, -0.2) is 50.0 Å². The van der Waals surface area contributed by atoms with E-state index in [9.17, 15) is 19.5 Å². The van der Waals surface area contributed by atoms with Crippen molar-refractivity contribution in [1.29, 1.82) is 0 Å². The summed E-state index contributed by atoms with van der Waals surface area (Å²) < 4.78 is 10.2. The number of imidazole rings is 1. The summed E-state index contributed by atoms with van der Waals surface area (Å²) >= 11 is 25.8. The van der Waals surface area contributed by atoms with E-state index >= 15 is 0 Å². The number of rotatable bonds is 9. The SMILES string of the molecule is O=C(CI)Oc1c(Cl)c(Cl)c(Cl)c(Cl)c1OC(=O)CN[C@@H](Cc1cnc[nH]1)C(=O)O. The van der Waals surface area contributed by atoms with Crippen LogP contribution in [-0.2, 0) is 20.8 Å². The average Bonchev–Trinajstić information content (AvgIpc) is 3.23. The number of aromatic amines is 1. The van der Waals surface area contributed by atoms with E-state index in [0.29, 0.717) is 5.69 Å². The minimum absolute atomic E-state index is 0.0329. The highest BCUT2D eigenvalue weighted by molar-refractivity contribution is 14.1. The summed E-state index contributed by atoms with van der Waals surface area (Å²) in [6.45, 7) is -0.515. The second kappa shape index (κ2) is 11.3. The van der Waals surface area contributed by atoms with Gasteiger partial charge in [-0.1, -0.05) is 69.0 Å². The van der Waals surface area contributed by atoms with E-state index < -0.39 is 36.2 Å². The third kappa shape index (κ3) is 6.34. The molecule has 14 heteroatoms. The number of carboxylic acid groups (broad SMARTS) is 1. The number of alkyl halides is 1. The largest absolute Gasteiger partial charge is 0.480 e. The summed E-state index contributed by atoms with van der Waals surface area (Å²) in [4.78, 5) is 42.0. The number of carboxylic acids is 1. The third-order valence-corrected chi connectivity index (χ3v) is 5.88. The first-order valence-electron chi connectivity index (χ1n) is 7.92. The number of hydrogen-bond acceptors (Lipinski definition) is 7. The predicted octanol–water partition coefficient (Wildman–Crippen LogP) is 3.55. The highest BCUT2D eigenvalue weighted by Gasteiger charge is 2.27. The normalized spacial score (nSPS) is 11.8. The molecule has 0 unspecified atom stereocenters. The molecule has 2 aromatic rings. The molecule has 0 spiro atoms. The van der Waals surface area contributed by atoms with Crippen molar-refractivity contribution in [2.24, 2.45) is 0 Å². The van der Waals surface area contributed by atoms with Gasteiger partial charge in [0.05, 0.1) is 27.3 Å². The quantitative estimate of drug-likeness (QED) is 0.0982. The minimum Gasteiger partial charge on any atom is -0.480 e. The molecule has 0 aliphatic rings. The molecule has 1 heterocycles. The third-order valence-electron chi connectivity index (χ3n) is 3.49. The fourth-order valence-corrected chi connectivity index (χ4v) is 3.19. The van der Waals surface area contributed by atoms with E-state index in [1.54, 1.807) is 22.6 Å². The number of ether oxygens (including phenoxy) is 2. The van der Waals surface area contributed by atoms with Crippen molar-refractivity contribution < 1.29 is 29.0 Å². The van der Waals surface area contributed by atoms with Gasteiger partial charge in [-0.05, 0) is 0 Å². The average molecular weight is 611 g/mol. The van der Waals surface area contributed by atoms with Gasteiger partial charge in [0, 0.05) is 18.3 Å². The van der Waals surface area contributed by atoms with Gasteiger partial charge in [0.1, 0.15) is 16.1 Å². The fourth-order valence-electron chi connectivity index (χ4n) is 2.13. The maximum absolute atomic E-state index is 12.3. The number of halogens is 5. The molecule has 9 nitrogen and oxygen atoms in total. The molecule has 1 aromatic heterocycles. The van der Waals surface area contributed by atoms with E-state index in [-0.39, 0.29) is 36.7 Å². The topological polar surface area (TPSA) is 131 Å². The molecule has 0 aliphatic heterocycles. The predicted molar refractivity (Wildman–Crippen MR) is 118 cm³/mol. The van der Waals surface area contributed by atoms with Crippen molar-refractivity contribution in [3.05, 3.63) is 38.3 Å². The molecule has 0 amide bonds. The Labute approximate surface area is 203 Å². The number of aromatic nitrogens is 2. The molecule has 0 bridgehead atoms. The number of H-pyrrole nitrogens is 1. The molecule has 0 fully saturated rings. The van der Waals surface area contributed by atoms with E-state index in [4.69, 9.17) is 55.9 Å². The van der Waals surface area contributed by atoms with Gasteiger partial charge in [0.25, 0.3) is 0 Å². The summed E-state index contributed by atoms with van der Waals surface area (Å²) in [5.74, 6) is -3.62. The van der Waals surface area contributed by atoms with E-state index in [2.05, 4.69) is 15.3 Å².